The molecule has 0 aliphatic carbocycles. The van der Waals surface area contributed by atoms with Gasteiger partial charge in [0.15, 0.2) is 0 Å². The molecule has 0 saturated carbocycles. The molecular weight excluding hydrogens is 402 g/mol. The van der Waals surface area contributed by atoms with Crippen LogP contribution in [0.5, 0.6) is 0 Å². The minimum atomic E-state index is -0.234. The van der Waals surface area contributed by atoms with Gasteiger partial charge in [-0.05, 0) is 69.2 Å². The highest BCUT2D eigenvalue weighted by molar-refractivity contribution is 4.81. The van der Waals surface area contributed by atoms with Gasteiger partial charge in [-0.15, -0.1) is 0 Å². The molecule has 0 amide bonds. The number of aromatic amines is 3. The molecule has 0 unspecified atom stereocenters. The highest BCUT2D eigenvalue weighted by atomic mass is 16.2. The van der Waals surface area contributed by atoms with E-state index in [9.17, 15) is 14.4 Å². The summed E-state index contributed by atoms with van der Waals surface area (Å²) in [6, 6.07) is 0. The predicted molar refractivity (Wildman–Crippen MR) is 118 cm³/mol. The lowest BCUT2D eigenvalue weighted by molar-refractivity contribution is 0.342. The molecule has 0 aliphatic rings. The molecule has 3 aromatic rings. The van der Waals surface area contributed by atoms with Gasteiger partial charge in [-0.1, -0.05) is 0 Å². The summed E-state index contributed by atoms with van der Waals surface area (Å²) in [4.78, 5) is 38.0. The number of nitrogens with one attached hydrogen (secondary N) is 3. The lowest BCUT2D eigenvalue weighted by atomic mass is 10.1. The first kappa shape index (κ1) is 25.9. The average Bonchev–Trinajstić information content (AvgIpc) is 3.27. The smallest absolute Gasteiger partial charge is 0.295 e. The van der Waals surface area contributed by atoms with Crippen molar-refractivity contribution in [2.45, 2.75) is 85.9 Å². The fourth-order valence-electron chi connectivity index (χ4n) is 2.34. The maximum Gasteiger partial charge on any atom is 0.343 e. The SMILES string of the molecule is CC(C)(C)n1cn[nH]c1=O.CC(C)(C)n1nc[nH]c1=O.Cc1nn(C(C)(C)C)c(=O)[nH]1. The minimum absolute atomic E-state index is 0.144. The Bertz CT molecular complexity index is 1060. The number of nitrogens with zero attached hydrogens (tertiary/aromatic N) is 6. The standard InChI is InChI=1S/C7H13N3O.2C6H11N3O/c1-5-8-6(11)10(9-5)7(2,3)4;1-6(2,3)9-4-7-8-5(9)10;1-6(2,3)9-5(10)7-4-8-9/h1-4H3,(H,8,9,11);4H,1-3H3,(H,8,10);4H,1-3H3,(H,7,8,10). The van der Waals surface area contributed by atoms with E-state index in [2.05, 4.69) is 30.4 Å². The van der Waals surface area contributed by atoms with Crippen molar-refractivity contribution in [1.82, 2.24) is 44.3 Å². The normalized spacial score (nSPS) is 11.9. The van der Waals surface area contributed by atoms with Crippen LogP contribution in [-0.2, 0) is 16.6 Å². The van der Waals surface area contributed by atoms with Crippen LogP contribution >= 0.6 is 0 Å². The van der Waals surface area contributed by atoms with E-state index in [1.165, 1.54) is 22.0 Å². The molecule has 3 N–H and O–H groups in total. The van der Waals surface area contributed by atoms with Crippen molar-refractivity contribution in [3.05, 3.63) is 49.9 Å². The second-order valence-electron chi connectivity index (χ2n) is 9.98. The van der Waals surface area contributed by atoms with Crippen molar-refractivity contribution in [1.29, 1.82) is 0 Å². The molecule has 0 atom stereocenters. The van der Waals surface area contributed by atoms with Crippen LogP contribution in [0.4, 0.5) is 0 Å². The van der Waals surface area contributed by atoms with Gasteiger partial charge in [0, 0.05) is 5.54 Å². The summed E-state index contributed by atoms with van der Waals surface area (Å²) < 4.78 is 4.41. The predicted octanol–water partition coefficient (Wildman–Crippen LogP) is 1.29. The van der Waals surface area contributed by atoms with Crippen molar-refractivity contribution >= 4 is 0 Å². The van der Waals surface area contributed by atoms with Gasteiger partial charge in [0.2, 0.25) is 0 Å². The first-order valence-electron chi connectivity index (χ1n) is 9.86. The van der Waals surface area contributed by atoms with Crippen LogP contribution in [0, 0.1) is 6.92 Å². The summed E-state index contributed by atoms with van der Waals surface area (Å²) in [5.41, 5.74) is -1.10. The van der Waals surface area contributed by atoms with Crippen LogP contribution in [0.25, 0.3) is 0 Å². The molecule has 31 heavy (non-hydrogen) atoms. The quantitative estimate of drug-likeness (QED) is 0.482. The molecule has 12 nitrogen and oxygen atoms in total. The van der Waals surface area contributed by atoms with Crippen molar-refractivity contribution in [2.75, 3.05) is 0 Å². The van der Waals surface area contributed by atoms with Gasteiger partial charge in [0.25, 0.3) is 0 Å². The van der Waals surface area contributed by atoms with Gasteiger partial charge in [0.05, 0.1) is 11.1 Å². The van der Waals surface area contributed by atoms with Gasteiger partial charge >= 0.3 is 17.1 Å². The minimum Gasteiger partial charge on any atom is -0.295 e. The largest absolute Gasteiger partial charge is 0.343 e. The molecular formula is C19H35N9O3. The Kier molecular flexibility index (Phi) is 7.77. The zero-order valence-corrected chi connectivity index (χ0v) is 20.1. The van der Waals surface area contributed by atoms with Crippen molar-refractivity contribution in [3.8, 4) is 0 Å². The Morgan fingerprint density at radius 2 is 1.32 bits per heavy atom. The molecule has 12 heteroatoms. The van der Waals surface area contributed by atoms with Gasteiger partial charge in [-0.25, -0.2) is 28.8 Å². The van der Waals surface area contributed by atoms with Crippen LogP contribution in [0.3, 0.4) is 0 Å². The Morgan fingerprint density at radius 1 is 0.774 bits per heavy atom. The van der Waals surface area contributed by atoms with Crippen LogP contribution in [0.2, 0.25) is 0 Å². The molecule has 0 spiro atoms. The summed E-state index contributed by atoms with van der Waals surface area (Å²) >= 11 is 0. The monoisotopic (exact) mass is 437 g/mol. The van der Waals surface area contributed by atoms with E-state index in [-0.39, 0.29) is 33.7 Å². The Balaban J connectivity index is 0.000000233. The Labute approximate surface area is 180 Å². The third-order valence-electron chi connectivity index (χ3n) is 3.83. The van der Waals surface area contributed by atoms with Crippen molar-refractivity contribution in [2.24, 2.45) is 0 Å². The van der Waals surface area contributed by atoms with Crippen LogP contribution in [-0.4, -0.2) is 44.3 Å². The third-order valence-corrected chi connectivity index (χ3v) is 3.83. The topological polar surface area (TPSA) is 152 Å². The van der Waals surface area contributed by atoms with E-state index in [1.54, 1.807) is 11.5 Å². The molecule has 0 fully saturated rings. The number of hydrogen-bond acceptors (Lipinski definition) is 6. The fraction of sp³-hybridized carbons (Fsp3) is 0.684. The van der Waals surface area contributed by atoms with Crippen molar-refractivity contribution in [3.63, 3.8) is 0 Å². The number of aryl methyl sites for hydroxylation is 1. The van der Waals surface area contributed by atoms with Gasteiger partial charge in [0.1, 0.15) is 18.5 Å². The van der Waals surface area contributed by atoms with E-state index >= 15 is 0 Å². The summed E-state index contributed by atoms with van der Waals surface area (Å²) in [7, 11) is 0. The third kappa shape index (κ3) is 7.54. The zero-order chi connectivity index (χ0) is 24.2. The summed E-state index contributed by atoms with van der Waals surface area (Å²) in [6.07, 6.45) is 2.90. The lowest BCUT2D eigenvalue weighted by Crippen LogP contribution is -2.33. The second kappa shape index (κ2) is 9.31. The average molecular weight is 438 g/mol. The number of hydrogen-bond donors (Lipinski definition) is 3. The highest BCUT2D eigenvalue weighted by Gasteiger charge is 2.17. The summed E-state index contributed by atoms with van der Waals surface area (Å²) in [5, 5.41) is 13.8. The molecule has 174 valence electrons. The van der Waals surface area contributed by atoms with Gasteiger partial charge in [-0.3, -0.25) is 14.5 Å². The number of rotatable bonds is 0. The molecule has 0 aromatic carbocycles. The van der Waals surface area contributed by atoms with Gasteiger partial charge < -0.3 is 0 Å². The molecule has 3 aromatic heterocycles. The molecule has 0 radical (unpaired) electrons. The van der Waals surface area contributed by atoms with Crippen LogP contribution in [0.15, 0.2) is 27.0 Å². The van der Waals surface area contributed by atoms with Crippen LogP contribution in [0.1, 0.15) is 68.1 Å². The second-order valence-corrected chi connectivity index (χ2v) is 9.98. The molecule has 3 heterocycles. The fourth-order valence-corrected chi connectivity index (χ4v) is 2.34. The van der Waals surface area contributed by atoms with E-state index in [1.807, 2.05) is 62.3 Å². The van der Waals surface area contributed by atoms with E-state index < -0.39 is 0 Å². The number of H-pyrrole nitrogens is 3. The molecule has 0 bridgehead atoms. The Morgan fingerprint density at radius 3 is 1.52 bits per heavy atom. The number of aromatic nitrogens is 9. The van der Waals surface area contributed by atoms with Crippen LogP contribution < -0.4 is 17.1 Å². The molecule has 3 rings (SSSR count). The zero-order valence-electron chi connectivity index (χ0n) is 20.1. The van der Waals surface area contributed by atoms with E-state index in [0.717, 1.165) is 0 Å². The Hall–Kier alpha value is -3.18. The van der Waals surface area contributed by atoms with Crippen molar-refractivity contribution < 1.29 is 0 Å². The maximum atomic E-state index is 11.1. The van der Waals surface area contributed by atoms with E-state index in [4.69, 9.17) is 0 Å². The first-order chi connectivity index (χ1) is 13.9. The lowest BCUT2D eigenvalue weighted by Gasteiger charge is -2.17. The summed E-state index contributed by atoms with van der Waals surface area (Å²) in [6.45, 7) is 19.2. The maximum absolute atomic E-state index is 11.1. The van der Waals surface area contributed by atoms with E-state index in [0.29, 0.717) is 5.82 Å². The van der Waals surface area contributed by atoms with Gasteiger partial charge in [-0.2, -0.15) is 15.3 Å². The molecule has 0 saturated heterocycles. The molecule has 0 aliphatic heterocycles. The first-order valence-corrected chi connectivity index (χ1v) is 9.86. The summed E-state index contributed by atoms with van der Waals surface area (Å²) in [5.74, 6) is 0.657. The highest BCUT2D eigenvalue weighted by Crippen LogP contribution is 2.08.